The number of unbranched alkanes of at least 4 members (excludes halogenated alkanes) is 10. The van der Waals surface area contributed by atoms with Crippen LogP contribution in [0.5, 0.6) is 0 Å². The fourth-order valence-electron chi connectivity index (χ4n) is 2.27. The number of rotatable bonds is 14. The van der Waals surface area contributed by atoms with Gasteiger partial charge in [-0.25, -0.2) is 4.79 Å². The molecule has 0 aliphatic heterocycles. The lowest BCUT2D eigenvalue weighted by Gasteiger charge is -2.11. The van der Waals surface area contributed by atoms with Crippen LogP contribution >= 0.6 is 0 Å². The summed E-state index contributed by atoms with van der Waals surface area (Å²) in [7, 11) is 0. The van der Waals surface area contributed by atoms with Crippen molar-refractivity contribution in [3.8, 4) is 0 Å². The lowest BCUT2D eigenvalue weighted by Crippen LogP contribution is -2.26. The van der Waals surface area contributed by atoms with E-state index < -0.39 is 12.2 Å². The molecule has 0 spiro atoms. The van der Waals surface area contributed by atoms with Crippen LogP contribution in [0.1, 0.15) is 84.0 Å². The molecule has 0 fully saturated rings. The Labute approximate surface area is 125 Å². The standard InChI is InChI=1S/C17H33NO2/c1-3-5-6-7-8-9-10-11-12-13-14-15-16(18)20-17(19)4-2/h4,16H,2-3,5-15,18H2,1H3. The fourth-order valence-corrected chi connectivity index (χ4v) is 2.27. The van der Waals surface area contributed by atoms with Crippen molar-refractivity contribution < 1.29 is 9.53 Å². The molecule has 2 N–H and O–H groups in total. The molecule has 0 radical (unpaired) electrons. The van der Waals surface area contributed by atoms with Gasteiger partial charge in [0.05, 0.1) is 0 Å². The highest BCUT2D eigenvalue weighted by Gasteiger charge is 2.05. The van der Waals surface area contributed by atoms with Gasteiger partial charge >= 0.3 is 5.97 Å². The average Bonchev–Trinajstić information content (AvgIpc) is 2.44. The Bertz CT molecular complexity index is 241. The molecule has 0 bridgehead atoms. The topological polar surface area (TPSA) is 52.3 Å². The summed E-state index contributed by atoms with van der Waals surface area (Å²) in [4.78, 5) is 10.9. The molecule has 1 atom stereocenters. The Balaban J connectivity index is 3.16. The van der Waals surface area contributed by atoms with Gasteiger partial charge in [-0.05, 0) is 12.8 Å². The first-order valence-corrected chi connectivity index (χ1v) is 8.29. The van der Waals surface area contributed by atoms with E-state index >= 15 is 0 Å². The molecule has 0 saturated carbocycles. The van der Waals surface area contributed by atoms with Crippen LogP contribution in [-0.2, 0) is 9.53 Å². The van der Waals surface area contributed by atoms with E-state index in [2.05, 4.69) is 13.5 Å². The Morgan fingerprint density at radius 1 is 1.00 bits per heavy atom. The van der Waals surface area contributed by atoms with Crippen LogP contribution in [0.3, 0.4) is 0 Å². The largest absolute Gasteiger partial charge is 0.444 e. The van der Waals surface area contributed by atoms with Crippen molar-refractivity contribution in [3.05, 3.63) is 12.7 Å². The van der Waals surface area contributed by atoms with Gasteiger partial charge in [0.1, 0.15) is 0 Å². The maximum atomic E-state index is 10.9. The Morgan fingerprint density at radius 3 is 1.90 bits per heavy atom. The molecule has 118 valence electrons. The van der Waals surface area contributed by atoms with Crippen molar-refractivity contribution >= 4 is 5.97 Å². The first-order valence-electron chi connectivity index (χ1n) is 8.29. The molecular formula is C17H33NO2. The lowest BCUT2D eigenvalue weighted by atomic mass is 10.1. The minimum absolute atomic E-state index is 0.430. The lowest BCUT2D eigenvalue weighted by molar-refractivity contribution is -0.143. The molecule has 0 rings (SSSR count). The second-order valence-corrected chi connectivity index (χ2v) is 5.50. The highest BCUT2D eigenvalue weighted by atomic mass is 16.6. The molecule has 0 aromatic heterocycles. The van der Waals surface area contributed by atoms with E-state index in [1.54, 1.807) is 0 Å². The maximum Gasteiger partial charge on any atom is 0.331 e. The minimum atomic E-state index is -0.473. The summed E-state index contributed by atoms with van der Waals surface area (Å²) >= 11 is 0. The number of hydrogen-bond donors (Lipinski definition) is 1. The van der Waals surface area contributed by atoms with E-state index in [4.69, 9.17) is 10.5 Å². The van der Waals surface area contributed by atoms with Crippen LogP contribution in [0, 0.1) is 0 Å². The molecule has 0 aliphatic rings. The van der Waals surface area contributed by atoms with Crippen molar-refractivity contribution in [1.82, 2.24) is 0 Å². The first-order chi connectivity index (χ1) is 9.70. The molecule has 0 heterocycles. The molecule has 1 unspecified atom stereocenters. The highest BCUT2D eigenvalue weighted by Crippen LogP contribution is 2.12. The molecule has 3 heteroatoms. The Hall–Kier alpha value is -0.830. The van der Waals surface area contributed by atoms with Crippen LogP contribution in [0.2, 0.25) is 0 Å². The molecule has 0 aromatic rings. The average molecular weight is 283 g/mol. The summed E-state index contributed by atoms with van der Waals surface area (Å²) in [6.07, 6.45) is 15.8. The number of esters is 1. The van der Waals surface area contributed by atoms with Crippen molar-refractivity contribution in [2.45, 2.75) is 90.2 Å². The molecule has 0 saturated heterocycles. The Kier molecular flexibility index (Phi) is 14.0. The molecular weight excluding hydrogens is 250 g/mol. The van der Waals surface area contributed by atoms with Crippen LogP contribution in [0.25, 0.3) is 0 Å². The van der Waals surface area contributed by atoms with E-state index in [-0.39, 0.29) is 0 Å². The second-order valence-electron chi connectivity index (χ2n) is 5.50. The summed E-state index contributed by atoms with van der Waals surface area (Å²) in [5, 5.41) is 0. The molecule has 3 nitrogen and oxygen atoms in total. The third-order valence-electron chi connectivity index (χ3n) is 3.53. The number of carbonyl (C=O) groups is 1. The fraction of sp³-hybridized carbons (Fsp3) is 0.824. The van der Waals surface area contributed by atoms with E-state index in [1.807, 2.05) is 0 Å². The second kappa shape index (κ2) is 14.6. The van der Waals surface area contributed by atoms with Crippen molar-refractivity contribution in [2.24, 2.45) is 5.73 Å². The van der Waals surface area contributed by atoms with Gasteiger partial charge in [-0.1, -0.05) is 77.7 Å². The number of carbonyl (C=O) groups excluding carboxylic acids is 1. The minimum Gasteiger partial charge on any atom is -0.444 e. The van der Waals surface area contributed by atoms with Gasteiger partial charge in [-0.3, -0.25) is 5.73 Å². The summed E-state index contributed by atoms with van der Waals surface area (Å²) in [5.41, 5.74) is 5.68. The zero-order chi connectivity index (χ0) is 15.1. The number of nitrogens with two attached hydrogens (primary N) is 1. The van der Waals surface area contributed by atoms with Gasteiger partial charge in [0.25, 0.3) is 0 Å². The van der Waals surface area contributed by atoms with Gasteiger partial charge in [0, 0.05) is 6.08 Å². The van der Waals surface area contributed by atoms with Gasteiger partial charge in [-0.2, -0.15) is 0 Å². The van der Waals surface area contributed by atoms with Crippen LogP contribution in [-0.4, -0.2) is 12.2 Å². The molecule has 0 amide bonds. The SMILES string of the molecule is C=CC(=O)OC(N)CCCCCCCCCCCCC. The number of hydrogen-bond acceptors (Lipinski definition) is 3. The predicted molar refractivity (Wildman–Crippen MR) is 85.3 cm³/mol. The molecule has 0 aromatic carbocycles. The Morgan fingerprint density at radius 2 is 1.45 bits per heavy atom. The van der Waals surface area contributed by atoms with E-state index in [0.29, 0.717) is 0 Å². The summed E-state index contributed by atoms with van der Waals surface area (Å²) in [6, 6.07) is 0. The van der Waals surface area contributed by atoms with Crippen LogP contribution < -0.4 is 5.73 Å². The van der Waals surface area contributed by atoms with E-state index in [1.165, 1.54) is 64.2 Å². The molecule has 20 heavy (non-hydrogen) atoms. The van der Waals surface area contributed by atoms with Gasteiger partial charge in [0.2, 0.25) is 0 Å². The zero-order valence-electron chi connectivity index (χ0n) is 13.2. The van der Waals surface area contributed by atoms with Gasteiger partial charge in [-0.15, -0.1) is 0 Å². The summed E-state index contributed by atoms with van der Waals surface area (Å²) < 4.78 is 4.91. The number of ether oxygens (including phenoxy) is 1. The normalized spacial score (nSPS) is 12.1. The van der Waals surface area contributed by atoms with Crippen molar-refractivity contribution in [1.29, 1.82) is 0 Å². The summed E-state index contributed by atoms with van der Waals surface area (Å²) in [5.74, 6) is -0.430. The third-order valence-corrected chi connectivity index (χ3v) is 3.53. The predicted octanol–water partition coefficient (Wildman–Crippen LogP) is 4.70. The smallest absolute Gasteiger partial charge is 0.331 e. The monoisotopic (exact) mass is 283 g/mol. The van der Waals surface area contributed by atoms with Gasteiger partial charge < -0.3 is 4.74 Å². The van der Waals surface area contributed by atoms with Crippen LogP contribution in [0.15, 0.2) is 12.7 Å². The first kappa shape index (κ1) is 19.2. The van der Waals surface area contributed by atoms with Gasteiger partial charge in [0.15, 0.2) is 6.23 Å². The van der Waals surface area contributed by atoms with Crippen molar-refractivity contribution in [3.63, 3.8) is 0 Å². The quantitative estimate of drug-likeness (QED) is 0.217. The van der Waals surface area contributed by atoms with Crippen LogP contribution in [0.4, 0.5) is 0 Å². The summed E-state index contributed by atoms with van der Waals surface area (Å²) in [6.45, 7) is 5.60. The molecule has 0 aliphatic carbocycles. The highest BCUT2D eigenvalue weighted by molar-refractivity contribution is 5.81. The zero-order valence-corrected chi connectivity index (χ0v) is 13.2. The maximum absolute atomic E-state index is 10.9. The third kappa shape index (κ3) is 13.6. The van der Waals surface area contributed by atoms with E-state index in [0.717, 1.165) is 18.9 Å². The van der Waals surface area contributed by atoms with Crippen molar-refractivity contribution in [2.75, 3.05) is 0 Å². The van der Waals surface area contributed by atoms with E-state index in [9.17, 15) is 4.79 Å².